The second-order valence-corrected chi connectivity index (χ2v) is 11.6. The van der Waals surface area contributed by atoms with Gasteiger partial charge in [-0.25, -0.2) is 4.39 Å². The van der Waals surface area contributed by atoms with Crippen LogP contribution >= 0.6 is 11.6 Å². The number of ether oxygens (including phenoxy) is 1. The van der Waals surface area contributed by atoms with Crippen molar-refractivity contribution in [2.75, 3.05) is 25.1 Å². The van der Waals surface area contributed by atoms with Crippen LogP contribution in [0, 0.1) is 5.82 Å². The lowest BCUT2D eigenvalue weighted by Crippen LogP contribution is -2.39. The first-order valence-corrected chi connectivity index (χ1v) is 14.5. The third-order valence-electron chi connectivity index (χ3n) is 8.64. The molecule has 0 amide bonds. The van der Waals surface area contributed by atoms with Gasteiger partial charge in [0.05, 0.1) is 11.7 Å². The van der Waals surface area contributed by atoms with Gasteiger partial charge in [-0.3, -0.25) is 4.98 Å². The van der Waals surface area contributed by atoms with Crippen molar-refractivity contribution in [2.45, 2.75) is 44.8 Å². The first kappa shape index (κ1) is 26.1. The highest BCUT2D eigenvalue weighted by Gasteiger charge is 2.29. The molecule has 1 saturated heterocycles. The number of rotatable bonds is 5. The van der Waals surface area contributed by atoms with Gasteiger partial charge in [0.15, 0.2) is 0 Å². The number of hydrogen-bond donors (Lipinski definition) is 0. The summed E-state index contributed by atoms with van der Waals surface area (Å²) < 4.78 is 21.1. The van der Waals surface area contributed by atoms with Crippen LogP contribution in [0.3, 0.4) is 0 Å². The zero-order chi connectivity index (χ0) is 28.1. The van der Waals surface area contributed by atoms with Gasteiger partial charge in [0.1, 0.15) is 18.2 Å². The van der Waals surface area contributed by atoms with Crippen LogP contribution in [-0.4, -0.2) is 52.1 Å². The van der Waals surface area contributed by atoms with Gasteiger partial charge in [0.2, 0.25) is 0 Å². The predicted molar refractivity (Wildman–Crippen MR) is 162 cm³/mol. The van der Waals surface area contributed by atoms with Crippen molar-refractivity contribution in [1.82, 2.24) is 19.9 Å². The highest BCUT2D eigenvalue weighted by atomic mass is 35.5. The van der Waals surface area contributed by atoms with Crippen molar-refractivity contribution in [3.63, 3.8) is 0 Å². The van der Waals surface area contributed by atoms with Gasteiger partial charge in [-0.15, -0.1) is 0 Å². The van der Waals surface area contributed by atoms with Gasteiger partial charge in [-0.05, 0) is 80.1 Å². The number of hydrogen-bond acceptors (Lipinski definition) is 6. The number of fused-ring (bicyclic) bond motifs is 3. The average Bonchev–Trinajstić information content (AvgIpc) is 3.39. The summed E-state index contributed by atoms with van der Waals surface area (Å²) in [4.78, 5) is 18.4. The van der Waals surface area contributed by atoms with E-state index in [1.165, 1.54) is 6.20 Å². The van der Waals surface area contributed by atoms with Gasteiger partial charge in [-0.1, -0.05) is 48.0 Å². The molecular weight excluding hydrogens is 537 g/mol. The van der Waals surface area contributed by atoms with Crippen LogP contribution in [0.1, 0.15) is 30.9 Å². The summed E-state index contributed by atoms with van der Waals surface area (Å²) in [7, 11) is 2.13. The Bertz CT molecular complexity index is 1770. The molecule has 7 rings (SSSR count). The van der Waals surface area contributed by atoms with E-state index in [0.717, 1.165) is 63.6 Å². The summed E-state index contributed by atoms with van der Waals surface area (Å²) in [5, 5.41) is 3.70. The minimum absolute atomic E-state index is 0.0922. The Morgan fingerprint density at radius 1 is 1.07 bits per heavy atom. The van der Waals surface area contributed by atoms with Gasteiger partial charge in [0.25, 0.3) is 0 Å². The van der Waals surface area contributed by atoms with Crippen LogP contribution in [0.25, 0.3) is 32.8 Å². The number of halogens is 2. The number of likely N-dealkylation sites (tertiary alicyclic amines) is 1. The van der Waals surface area contributed by atoms with E-state index >= 15 is 0 Å². The van der Waals surface area contributed by atoms with Crippen molar-refractivity contribution in [1.29, 1.82) is 0 Å². The van der Waals surface area contributed by atoms with E-state index in [0.29, 0.717) is 42.2 Å². The van der Waals surface area contributed by atoms with Crippen LogP contribution in [0.5, 0.6) is 6.01 Å². The van der Waals surface area contributed by atoms with E-state index in [4.69, 9.17) is 26.3 Å². The molecule has 2 aromatic heterocycles. The lowest BCUT2D eigenvalue weighted by atomic mass is 9.95. The number of pyridine rings is 1. The molecule has 0 unspecified atom stereocenters. The number of likely N-dealkylation sites (N-methyl/N-ethyl adjacent to an activating group) is 1. The molecule has 208 valence electrons. The van der Waals surface area contributed by atoms with E-state index in [1.54, 1.807) is 6.20 Å². The molecule has 6 nitrogen and oxygen atoms in total. The molecular formula is C33H31ClFN5O. The molecule has 0 bridgehead atoms. The normalized spacial score (nSPS) is 19.2. The molecule has 4 heterocycles. The average molecular weight is 568 g/mol. The first-order chi connectivity index (χ1) is 20.0. The summed E-state index contributed by atoms with van der Waals surface area (Å²) in [6.07, 6.45) is 6.01. The third kappa shape index (κ3) is 4.77. The SMILES string of the molecule is C[C@H]1Cc2cncc(F)c2CN1c1nc(OC[C@@H]2CCCN2C)nc2cc(-c3cccc4cccc(Cl)c34)ccc12. The smallest absolute Gasteiger partial charge is 0.319 e. The number of nitrogens with zero attached hydrogens (tertiary/aromatic N) is 5. The predicted octanol–water partition coefficient (Wildman–Crippen LogP) is 7.06. The minimum Gasteiger partial charge on any atom is -0.462 e. The van der Waals surface area contributed by atoms with Gasteiger partial charge < -0.3 is 14.5 Å². The Labute approximate surface area is 243 Å². The van der Waals surface area contributed by atoms with Crippen LogP contribution < -0.4 is 9.64 Å². The largest absolute Gasteiger partial charge is 0.462 e. The molecule has 0 N–H and O–H groups in total. The second kappa shape index (κ2) is 10.5. The Hall–Kier alpha value is -3.81. The van der Waals surface area contributed by atoms with Crippen LogP contribution in [0.15, 0.2) is 67.0 Å². The quantitative estimate of drug-likeness (QED) is 0.227. The van der Waals surface area contributed by atoms with Crippen molar-refractivity contribution < 1.29 is 9.13 Å². The number of aromatic nitrogens is 3. The lowest BCUT2D eigenvalue weighted by Gasteiger charge is -2.36. The standard InChI is InChI=1S/C33H31ClFN5O/c1-20-14-23-16-36-17-29(35)27(23)18-40(20)32-26-12-11-22(25-9-3-6-21-7-4-10-28(34)31(21)25)15-30(26)37-33(38-32)41-19-24-8-5-13-39(24)2/h3-4,6-7,9-12,15-17,20,24H,5,8,13-14,18-19H2,1-2H3/t20-,24-/m0/s1. The lowest BCUT2D eigenvalue weighted by molar-refractivity contribution is 0.188. The highest BCUT2D eigenvalue weighted by Crippen LogP contribution is 2.38. The van der Waals surface area contributed by atoms with Gasteiger partial charge >= 0.3 is 6.01 Å². The third-order valence-corrected chi connectivity index (χ3v) is 8.95. The van der Waals surface area contributed by atoms with Crippen LogP contribution in [-0.2, 0) is 13.0 Å². The Morgan fingerprint density at radius 2 is 1.93 bits per heavy atom. The maximum Gasteiger partial charge on any atom is 0.319 e. The Balaban J connectivity index is 1.35. The van der Waals surface area contributed by atoms with E-state index in [-0.39, 0.29) is 11.9 Å². The van der Waals surface area contributed by atoms with Crippen LogP contribution in [0.2, 0.25) is 5.02 Å². The first-order valence-electron chi connectivity index (χ1n) is 14.2. The van der Waals surface area contributed by atoms with Crippen molar-refractivity contribution in [3.05, 3.63) is 89.0 Å². The van der Waals surface area contributed by atoms with Crippen molar-refractivity contribution in [2.24, 2.45) is 0 Å². The minimum atomic E-state index is -0.284. The fourth-order valence-corrected chi connectivity index (χ4v) is 6.62. The fraction of sp³-hybridized carbons (Fsp3) is 0.303. The molecule has 2 aliphatic heterocycles. The molecule has 2 aliphatic rings. The topological polar surface area (TPSA) is 54.4 Å². The molecule has 3 aromatic carbocycles. The van der Waals surface area contributed by atoms with Crippen molar-refractivity contribution in [3.8, 4) is 17.1 Å². The molecule has 0 aliphatic carbocycles. The molecule has 5 aromatic rings. The monoisotopic (exact) mass is 567 g/mol. The molecule has 1 fully saturated rings. The summed E-state index contributed by atoms with van der Waals surface area (Å²) in [5.41, 5.74) is 4.45. The van der Waals surface area contributed by atoms with E-state index in [1.807, 2.05) is 18.2 Å². The Morgan fingerprint density at radius 3 is 2.76 bits per heavy atom. The fourth-order valence-electron chi connectivity index (χ4n) is 6.33. The zero-order valence-electron chi connectivity index (χ0n) is 23.1. The van der Waals surface area contributed by atoms with Gasteiger partial charge in [0, 0.05) is 46.2 Å². The molecule has 41 heavy (non-hydrogen) atoms. The summed E-state index contributed by atoms with van der Waals surface area (Å²) in [5.74, 6) is 0.468. The van der Waals surface area contributed by atoms with E-state index in [2.05, 4.69) is 65.2 Å². The molecule has 0 radical (unpaired) electrons. The molecule has 0 spiro atoms. The maximum atomic E-state index is 14.8. The maximum absolute atomic E-state index is 14.8. The van der Waals surface area contributed by atoms with Crippen molar-refractivity contribution >= 4 is 39.1 Å². The molecule has 2 atom stereocenters. The second-order valence-electron chi connectivity index (χ2n) is 11.2. The Kier molecular flexibility index (Phi) is 6.72. The van der Waals surface area contributed by atoms with E-state index in [9.17, 15) is 4.39 Å². The molecule has 0 saturated carbocycles. The summed E-state index contributed by atoms with van der Waals surface area (Å²) >= 11 is 6.68. The van der Waals surface area contributed by atoms with E-state index < -0.39 is 0 Å². The highest BCUT2D eigenvalue weighted by molar-refractivity contribution is 6.36. The number of anilines is 1. The number of benzene rings is 3. The van der Waals surface area contributed by atoms with Crippen LogP contribution in [0.4, 0.5) is 10.2 Å². The summed E-state index contributed by atoms with van der Waals surface area (Å²) in [6, 6.07) is 19.2. The summed E-state index contributed by atoms with van der Waals surface area (Å²) in [6.45, 7) is 4.14. The molecule has 8 heteroatoms. The zero-order valence-corrected chi connectivity index (χ0v) is 23.9. The van der Waals surface area contributed by atoms with Gasteiger partial charge in [-0.2, -0.15) is 9.97 Å².